The van der Waals surface area contributed by atoms with Crippen LogP contribution >= 0.6 is 0 Å². The van der Waals surface area contributed by atoms with Gasteiger partial charge in [-0.05, 0) is 19.3 Å². The monoisotopic (exact) mass is 191 g/mol. The van der Waals surface area contributed by atoms with Crippen LogP contribution in [0.5, 0.6) is 0 Å². The first-order valence-electron chi connectivity index (χ1n) is 4.68. The van der Waals surface area contributed by atoms with Crippen molar-refractivity contribution in [1.29, 1.82) is 0 Å². The van der Waals surface area contributed by atoms with Crippen molar-refractivity contribution in [3.8, 4) is 0 Å². The second-order valence-electron chi connectivity index (χ2n) is 3.62. The van der Waals surface area contributed by atoms with E-state index in [-0.39, 0.29) is 31.1 Å². The number of carbonyl (C=O) groups excluding carboxylic acids is 1. The molecular weight excluding hydrogens is 176 g/mol. The van der Waals surface area contributed by atoms with Gasteiger partial charge < -0.3 is 5.32 Å². The van der Waals surface area contributed by atoms with Crippen LogP contribution in [0.2, 0.25) is 0 Å². The Morgan fingerprint density at radius 3 is 2.77 bits per heavy atom. The van der Waals surface area contributed by atoms with Gasteiger partial charge in [-0.15, -0.1) is 0 Å². The van der Waals surface area contributed by atoms with Crippen molar-refractivity contribution in [2.75, 3.05) is 6.54 Å². The first-order valence-corrected chi connectivity index (χ1v) is 4.68. The van der Waals surface area contributed by atoms with Crippen LogP contribution in [-0.2, 0) is 4.79 Å². The second kappa shape index (κ2) is 4.03. The maximum atomic E-state index is 12.7. The highest BCUT2D eigenvalue weighted by molar-refractivity contribution is 5.76. The molecule has 1 atom stereocenters. The van der Waals surface area contributed by atoms with Crippen LogP contribution in [0.3, 0.4) is 0 Å². The van der Waals surface area contributed by atoms with Gasteiger partial charge in [-0.3, -0.25) is 4.79 Å². The van der Waals surface area contributed by atoms with Crippen molar-refractivity contribution in [1.82, 2.24) is 5.32 Å². The minimum absolute atomic E-state index is 0.0585. The van der Waals surface area contributed by atoms with Crippen LogP contribution < -0.4 is 5.32 Å². The molecule has 0 radical (unpaired) electrons. The highest BCUT2D eigenvalue weighted by Crippen LogP contribution is 2.40. The summed E-state index contributed by atoms with van der Waals surface area (Å²) in [7, 11) is 0. The summed E-state index contributed by atoms with van der Waals surface area (Å²) in [6.07, 6.45) is 0.550. The Morgan fingerprint density at radius 1 is 1.62 bits per heavy atom. The van der Waals surface area contributed by atoms with Crippen LogP contribution in [0.25, 0.3) is 0 Å². The number of halogens is 2. The number of hydrogen-bond acceptors (Lipinski definition) is 1. The average Bonchev–Trinajstić information content (AvgIpc) is 2.30. The van der Waals surface area contributed by atoms with Crippen LogP contribution in [0, 0.1) is 5.92 Å². The summed E-state index contributed by atoms with van der Waals surface area (Å²) in [5.41, 5.74) is 0. The van der Waals surface area contributed by atoms with Crippen LogP contribution in [0.15, 0.2) is 0 Å². The Labute approximate surface area is 76.7 Å². The zero-order chi connectivity index (χ0) is 9.90. The lowest BCUT2D eigenvalue weighted by Crippen LogP contribution is -2.24. The standard InChI is InChI=1S/C9H15F2NO/c1-2-12-8(13)5-7-3-4-9(10,11)6-7/h7H,2-6H2,1H3,(H,12,13). The molecule has 13 heavy (non-hydrogen) atoms. The number of amides is 1. The minimum atomic E-state index is -2.53. The number of alkyl halides is 2. The highest BCUT2D eigenvalue weighted by Gasteiger charge is 2.39. The molecule has 1 amide bonds. The van der Waals surface area contributed by atoms with Crippen LogP contribution in [0.4, 0.5) is 8.78 Å². The molecule has 2 nitrogen and oxygen atoms in total. The van der Waals surface area contributed by atoms with E-state index in [4.69, 9.17) is 0 Å². The normalized spacial score (nSPS) is 25.9. The van der Waals surface area contributed by atoms with Gasteiger partial charge in [0.15, 0.2) is 0 Å². The molecule has 0 bridgehead atoms. The minimum Gasteiger partial charge on any atom is -0.356 e. The zero-order valence-electron chi connectivity index (χ0n) is 7.78. The Morgan fingerprint density at radius 2 is 2.31 bits per heavy atom. The van der Waals surface area contributed by atoms with E-state index >= 15 is 0 Å². The van der Waals surface area contributed by atoms with Crippen LogP contribution in [0.1, 0.15) is 32.6 Å². The van der Waals surface area contributed by atoms with E-state index in [0.717, 1.165) is 0 Å². The van der Waals surface area contributed by atoms with E-state index in [1.165, 1.54) is 0 Å². The largest absolute Gasteiger partial charge is 0.356 e. The van der Waals surface area contributed by atoms with Gasteiger partial charge in [0.25, 0.3) is 0 Å². The zero-order valence-corrected chi connectivity index (χ0v) is 7.78. The predicted octanol–water partition coefficient (Wildman–Crippen LogP) is 1.95. The SMILES string of the molecule is CCNC(=O)CC1CCC(F)(F)C1. The third-order valence-corrected chi connectivity index (χ3v) is 2.35. The van der Waals surface area contributed by atoms with Gasteiger partial charge >= 0.3 is 0 Å². The first-order chi connectivity index (χ1) is 6.03. The summed E-state index contributed by atoms with van der Waals surface area (Å²) in [4.78, 5) is 11.1. The fourth-order valence-electron chi connectivity index (χ4n) is 1.75. The maximum Gasteiger partial charge on any atom is 0.248 e. The highest BCUT2D eigenvalue weighted by atomic mass is 19.3. The van der Waals surface area contributed by atoms with Crippen LogP contribution in [-0.4, -0.2) is 18.4 Å². The van der Waals surface area contributed by atoms with Gasteiger partial charge in [0.2, 0.25) is 11.8 Å². The average molecular weight is 191 g/mol. The predicted molar refractivity (Wildman–Crippen MR) is 45.6 cm³/mol. The Hall–Kier alpha value is -0.670. The third kappa shape index (κ3) is 3.28. The summed E-state index contributed by atoms with van der Waals surface area (Å²) >= 11 is 0. The molecule has 0 aromatic rings. The molecule has 0 aromatic heterocycles. The number of rotatable bonds is 3. The van der Waals surface area contributed by atoms with Crippen molar-refractivity contribution in [2.45, 2.75) is 38.5 Å². The summed E-state index contributed by atoms with van der Waals surface area (Å²) in [5, 5.41) is 2.62. The number of carbonyl (C=O) groups is 1. The van der Waals surface area contributed by atoms with E-state index in [0.29, 0.717) is 13.0 Å². The smallest absolute Gasteiger partial charge is 0.248 e. The number of hydrogen-bond donors (Lipinski definition) is 1. The van der Waals surface area contributed by atoms with E-state index in [1.807, 2.05) is 6.92 Å². The molecule has 0 spiro atoms. The van der Waals surface area contributed by atoms with Gasteiger partial charge in [-0.2, -0.15) is 0 Å². The molecule has 1 N–H and O–H groups in total. The second-order valence-corrected chi connectivity index (χ2v) is 3.62. The molecule has 1 unspecified atom stereocenters. The molecule has 1 saturated carbocycles. The van der Waals surface area contributed by atoms with Gasteiger partial charge in [0, 0.05) is 25.8 Å². The topological polar surface area (TPSA) is 29.1 Å². The van der Waals surface area contributed by atoms with E-state index in [2.05, 4.69) is 5.32 Å². The van der Waals surface area contributed by atoms with Crippen molar-refractivity contribution < 1.29 is 13.6 Å². The summed E-state index contributed by atoms with van der Waals surface area (Å²) in [6.45, 7) is 2.39. The van der Waals surface area contributed by atoms with Crippen molar-refractivity contribution in [3.05, 3.63) is 0 Å². The summed E-state index contributed by atoms with van der Waals surface area (Å²) in [6, 6.07) is 0. The molecule has 1 fully saturated rings. The molecule has 0 aromatic carbocycles. The molecular formula is C9H15F2NO. The van der Waals surface area contributed by atoms with E-state index < -0.39 is 5.92 Å². The van der Waals surface area contributed by atoms with Crippen molar-refractivity contribution in [3.63, 3.8) is 0 Å². The van der Waals surface area contributed by atoms with Gasteiger partial charge in [-0.25, -0.2) is 8.78 Å². The summed E-state index contributed by atoms with van der Waals surface area (Å²) in [5.74, 6) is -2.76. The Kier molecular flexibility index (Phi) is 3.22. The molecule has 1 rings (SSSR count). The van der Waals surface area contributed by atoms with E-state index in [1.54, 1.807) is 0 Å². The molecule has 1 aliphatic carbocycles. The fourth-order valence-corrected chi connectivity index (χ4v) is 1.75. The molecule has 1 aliphatic rings. The number of nitrogens with one attached hydrogen (secondary N) is 1. The third-order valence-electron chi connectivity index (χ3n) is 2.35. The Balaban J connectivity index is 2.28. The quantitative estimate of drug-likeness (QED) is 0.725. The van der Waals surface area contributed by atoms with Gasteiger partial charge in [0.05, 0.1) is 0 Å². The molecule has 4 heteroatoms. The maximum absolute atomic E-state index is 12.7. The summed E-state index contributed by atoms with van der Waals surface area (Å²) < 4.78 is 25.4. The fraction of sp³-hybridized carbons (Fsp3) is 0.889. The van der Waals surface area contributed by atoms with Crippen molar-refractivity contribution >= 4 is 5.91 Å². The van der Waals surface area contributed by atoms with Crippen molar-refractivity contribution in [2.24, 2.45) is 5.92 Å². The van der Waals surface area contributed by atoms with Gasteiger partial charge in [0.1, 0.15) is 0 Å². The van der Waals surface area contributed by atoms with E-state index in [9.17, 15) is 13.6 Å². The molecule has 0 saturated heterocycles. The molecule has 76 valence electrons. The molecule has 0 aliphatic heterocycles. The first kappa shape index (κ1) is 10.4. The lowest BCUT2D eigenvalue weighted by molar-refractivity contribution is -0.122. The van der Waals surface area contributed by atoms with Gasteiger partial charge in [-0.1, -0.05) is 0 Å². The lowest BCUT2D eigenvalue weighted by atomic mass is 10.0. The Bertz CT molecular complexity index is 194. The molecule has 0 heterocycles. The lowest BCUT2D eigenvalue weighted by Gasteiger charge is -2.09.